The van der Waals surface area contributed by atoms with Gasteiger partial charge in [-0.2, -0.15) is 0 Å². The molecule has 0 aromatic heterocycles. The van der Waals surface area contributed by atoms with Gasteiger partial charge in [0.2, 0.25) is 5.75 Å². The van der Waals surface area contributed by atoms with Gasteiger partial charge in [0.15, 0.2) is 11.5 Å². The molecule has 0 spiro atoms. The molecule has 5 heteroatoms. The van der Waals surface area contributed by atoms with E-state index in [-0.39, 0.29) is 12.2 Å². The summed E-state index contributed by atoms with van der Waals surface area (Å²) in [5.41, 5.74) is 0.971. The quantitative estimate of drug-likeness (QED) is 0.901. The van der Waals surface area contributed by atoms with Gasteiger partial charge in [0, 0.05) is 18.7 Å². The molecule has 5 nitrogen and oxygen atoms in total. The van der Waals surface area contributed by atoms with Crippen LogP contribution in [0.4, 0.5) is 0 Å². The lowest BCUT2D eigenvalue weighted by atomic mass is 10.0. The molecule has 0 saturated carbocycles. The number of hydrogen-bond acceptors (Lipinski definition) is 5. The zero-order valence-electron chi connectivity index (χ0n) is 11.9. The van der Waals surface area contributed by atoms with Crippen molar-refractivity contribution >= 4 is 0 Å². The lowest BCUT2D eigenvalue weighted by Crippen LogP contribution is -2.39. The Morgan fingerprint density at radius 1 is 1.05 bits per heavy atom. The van der Waals surface area contributed by atoms with Crippen molar-refractivity contribution in [3.05, 3.63) is 17.7 Å². The van der Waals surface area contributed by atoms with Crippen LogP contribution in [-0.2, 0) is 4.74 Å². The van der Waals surface area contributed by atoms with Crippen LogP contribution in [0.3, 0.4) is 0 Å². The maximum atomic E-state index is 5.95. The van der Waals surface area contributed by atoms with E-state index in [4.69, 9.17) is 18.9 Å². The fraction of sp³-hybridized carbons (Fsp3) is 0.571. The summed E-state index contributed by atoms with van der Waals surface area (Å²) in [6, 6.07) is 3.84. The first-order valence-electron chi connectivity index (χ1n) is 6.36. The maximum Gasteiger partial charge on any atom is 0.203 e. The minimum atomic E-state index is -0.0430. The largest absolute Gasteiger partial charge is 0.493 e. The monoisotopic (exact) mass is 267 g/mol. The summed E-state index contributed by atoms with van der Waals surface area (Å²) in [5, 5.41) is 3.35. The van der Waals surface area contributed by atoms with Crippen molar-refractivity contribution in [3.8, 4) is 17.2 Å². The van der Waals surface area contributed by atoms with Crippen LogP contribution in [0.5, 0.6) is 17.2 Å². The van der Waals surface area contributed by atoms with Crippen molar-refractivity contribution < 1.29 is 18.9 Å². The van der Waals surface area contributed by atoms with Gasteiger partial charge in [-0.3, -0.25) is 0 Å². The second kappa shape index (κ2) is 6.12. The van der Waals surface area contributed by atoms with Crippen molar-refractivity contribution in [2.24, 2.45) is 0 Å². The summed E-state index contributed by atoms with van der Waals surface area (Å²) < 4.78 is 22.1. The number of nitrogens with one attached hydrogen (secondary N) is 1. The molecule has 1 saturated heterocycles. The van der Waals surface area contributed by atoms with Crippen LogP contribution in [0.1, 0.15) is 18.6 Å². The van der Waals surface area contributed by atoms with Crippen LogP contribution < -0.4 is 19.5 Å². The summed E-state index contributed by atoms with van der Waals surface area (Å²) >= 11 is 0. The molecule has 1 aromatic carbocycles. The summed E-state index contributed by atoms with van der Waals surface area (Å²) in [4.78, 5) is 0. The highest BCUT2D eigenvalue weighted by Crippen LogP contribution is 2.43. The SMILES string of the molecule is COc1ccc(C2CNCC(C)O2)c(OC)c1OC. The van der Waals surface area contributed by atoms with Gasteiger partial charge in [0.1, 0.15) is 0 Å². The zero-order chi connectivity index (χ0) is 13.8. The van der Waals surface area contributed by atoms with Crippen LogP contribution in [-0.4, -0.2) is 40.5 Å². The first kappa shape index (κ1) is 14.0. The average molecular weight is 267 g/mol. The first-order valence-corrected chi connectivity index (χ1v) is 6.36. The van der Waals surface area contributed by atoms with Gasteiger partial charge in [-0.1, -0.05) is 0 Å². The van der Waals surface area contributed by atoms with E-state index in [1.165, 1.54) is 0 Å². The van der Waals surface area contributed by atoms with Crippen LogP contribution in [0.2, 0.25) is 0 Å². The summed E-state index contributed by atoms with van der Waals surface area (Å²) in [6.07, 6.45) is 0.134. The summed E-state index contributed by atoms with van der Waals surface area (Å²) in [7, 11) is 4.84. The van der Waals surface area contributed by atoms with E-state index in [2.05, 4.69) is 5.32 Å². The van der Waals surface area contributed by atoms with Crippen molar-refractivity contribution in [2.75, 3.05) is 34.4 Å². The van der Waals surface area contributed by atoms with Crippen LogP contribution >= 0.6 is 0 Å². The van der Waals surface area contributed by atoms with Crippen molar-refractivity contribution in [1.82, 2.24) is 5.32 Å². The third kappa shape index (κ3) is 2.77. The highest BCUT2D eigenvalue weighted by molar-refractivity contribution is 5.56. The molecule has 1 fully saturated rings. The molecule has 0 aliphatic carbocycles. The fourth-order valence-corrected chi connectivity index (χ4v) is 2.36. The Labute approximate surface area is 113 Å². The number of rotatable bonds is 4. The molecule has 1 aliphatic rings. The number of methoxy groups -OCH3 is 3. The normalized spacial score (nSPS) is 22.9. The van der Waals surface area contributed by atoms with Gasteiger partial charge in [-0.05, 0) is 19.1 Å². The van der Waals surface area contributed by atoms with Crippen molar-refractivity contribution in [3.63, 3.8) is 0 Å². The lowest BCUT2D eigenvalue weighted by molar-refractivity contribution is -0.0298. The van der Waals surface area contributed by atoms with E-state index in [1.54, 1.807) is 21.3 Å². The molecule has 1 heterocycles. The summed E-state index contributed by atoms with van der Waals surface area (Å²) in [6.45, 7) is 3.68. The average Bonchev–Trinajstić information content (AvgIpc) is 2.45. The molecule has 106 valence electrons. The van der Waals surface area contributed by atoms with E-state index < -0.39 is 0 Å². The molecule has 1 aromatic rings. The van der Waals surface area contributed by atoms with E-state index >= 15 is 0 Å². The number of hydrogen-bond donors (Lipinski definition) is 1. The topological polar surface area (TPSA) is 49.0 Å². The Bertz CT molecular complexity index is 436. The van der Waals surface area contributed by atoms with Gasteiger partial charge in [-0.15, -0.1) is 0 Å². The molecule has 1 aliphatic heterocycles. The molecule has 0 bridgehead atoms. The van der Waals surface area contributed by atoms with Crippen LogP contribution in [0.15, 0.2) is 12.1 Å². The zero-order valence-corrected chi connectivity index (χ0v) is 11.9. The van der Waals surface area contributed by atoms with Gasteiger partial charge < -0.3 is 24.3 Å². The van der Waals surface area contributed by atoms with E-state index in [9.17, 15) is 0 Å². The van der Waals surface area contributed by atoms with Crippen LogP contribution in [0, 0.1) is 0 Å². The van der Waals surface area contributed by atoms with Crippen molar-refractivity contribution in [2.45, 2.75) is 19.1 Å². The highest BCUT2D eigenvalue weighted by atomic mass is 16.5. The second-order valence-corrected chi connectivity index (χ2v) is 4.52. The molecular formula is C14H21NO4. The van der Waals surface area contributed by atoms with Crippen LogP contribution in [0.25, 0.3) is 0 Å². The first-order chi connectivity index (χ1) is 9.21. The molecular weight excluding hydrogens is 246 g/mol. The Kier molecular flexibility index (Phi) is 4.50. The third-order valence-corrected chi connectivity index (χ3v) is 3.24. The smallest absolute Gasteiger partial charge is 0.203 e. The van der Waals surface area contributed by atoms with E-state index in [0.717, 1.165) is 18.7 Å². The predicted octanol–water partition coefficient (Wildman–Crippen LogP) is 1.76. The second-order valence-electron chi connectivity index (χ2n) is 4.52. The van der Waals surface area contributed by atoms with Gasteiger partial charge in [0.25, 0.3) is 0 Å². The van der Waals surface area contributed by atoms with E-state index in [1.807, 2.05) is 19.1 Å². The van der Waals surface area contributed by atoms with E-state index in [0.29, 0.717) is 17.2 Å². The van der Waals surface area contributed by atoms with Crippen molar-refractivity contribution in [1.29, 1.82) is 0 Å². The molecule has 19 heavy (non-hydrogen) atoms. The fourth-order valence-electron chi connectivity index (χ4n) is 2.36. The van der Waals surface area contributed by atoms with Gasteiger partial charge in [-0.25, -0.2) is 0 Å². The maximum absolute atomic E-state index is 5.95. The Balaban J connectivity index is 2.39. The Hall–Kier alpha value is -1.46. The predicted molar refractivity (Wildman–Crippen MR) is 72.3 cm³/mol. The number of benzene rings is 1. The number of morpholine rings is 1. The molecule has 2 atom stereocenters. The molecule has 2 unspecified atom stereocenters. The molecule has 0 amide bonds. The van der Waals surface area contributed by atoms with Gasteiger partial charge >= 0.3 is 0 Å². The Morgan fingerprint density at radius 3 is 2.37 bits per heavy atom. The third-order valence-electron chi connectivity index (χ3n) is 3.24. The minimum absolute atomic E-state index is 0.0430. The number of ether oxygens (including phenoxy) is 4. The minimum Gasteiger partial charge on any atom is -0.493 e. The van der Waals surface area contributed by atoms with Gasteiger partial charge in [0.05, 0.1) is 33.5 Å². The molecule has 2 rings (SSSR count). The highest BCUT2D eigenvalue weighted by Gasteiger charge is 2.26. The molecule has 1 N–H and O–H groups in total. The standard InChI is InChI=1S/C14H21NO4/c1-9-7-15-8-12(19-9)10-5-6-11(16-2)14(18-4)13(10)17-3/h5-6,9,12,15H,7-8H2,1-4H3. The lowest BCUT2D eigenvalue weighted by Gasteiger charge is -2.30. The molecule has 0 radical (unpaired) electrons. The summed E-state index contributed by atoms with van der Waals surface area (Å²) in [5.74, 6) is 1.92. The Morgan fingerprint density at radius 2 is 1.79 bits per heavy atom.